The van der Waals surface area contributed by atoms with E-state index in [4.69, 9.17) is 4.42 Å². The van der Waals surface area contributed by atoms with Gasteiger partial charge >= 0.3 is 0 Å². The van der Waals surface area contributed by atoms with E-state index in [1.807, 2.05) is 19.9 Å². The van der Waals surface area contributed by atoms with Crippen molar-refractivity contribution >= 4 is 10.0 Å². The predicted molar refractivity (Wildman–Crippen MR) is 49.9 cm³/mol. The van der Waals surface area contributed by atoms with Crippen molar-refractivity contribution in [2.75, 3.05) is 6.26 Å². The topological polar surface area (TPSA) is 59.3 Å². The van der Waals surface area contributed by atoms with Crippen LogP contribution in [0.5, 0.6) is 0 Å². The smallest absolute Gasteiger partial charge is 0.209 e. The first-order valence-corrected chi connectivity index (χ1v) is 5.78. The van der Waals surface area contributed by atoms with E-state index in [-0.39, 0.29) is 0 Å². The maximum absolute atomic E-state index is 10.8. The average Bonchev–Trinajstić information content (AvgIpc) is 2.24. The standard InChI is InChI=1S/C8H13NO3S/c1-6-4-8(7(2)12-6)5-9-13(3,10)11/h4,9H,5H2,1-3H3. The van der Waals surface area contributed by atoms with Crippen LogP contribution < -0.4 is 4.72 Å². The Hall–Kier alpha value is -0.810. The molecule has 13 heavy (non-hydrogen) atoms. The quantitative estimate of drug-likeness (QED) is 0.795. The molecule has 1 rings (SSSR count). The molecule has 0 saturated heterocycles. The molecule has 0 aromatic carbocycles. The fraction of sp³-hybridized carbons (Fsp3) is 0.500. The van der Waals surface area contributed by atoms with E-state index in [9.17, 15) is 8.42 Å². The summed E-state index contributed by atoms with van der Waals surface area (Å²) in [5.74, 6) is 1.55. The molecule has 0 fully saturated rings. The van der Waals surface area contributed by atoms with Gasteiger partial charge in [-0.15, -0.1) is 0 Å². The Morgan fingerprint density at radius 3 is 2.46 bits per heavy atom. The molecule has 4 nitrogen and oxygen atoms in total. The first kappa shape index (κ1) is 10.3. The summed E-state index contributed by atoms with van der Waals surface area (Å²) in [6.45, 7) is 3.94. The van der Waals surface area contributed by atoms with Gasteiger partial charge in [0.05, 0.1) is 6.26 Å². The second kappa shape index (κ2) is 3.51. The van der Waals surface area contributed by atoms with Crippen molar-refractivity contribution in [3.63, 3.8) is 0 Å². The van der Waals surface area contributed by atoms with Crippen LogP contribution in [-0.4, -0.2) is 14.7 Å². The molecule has 1 heterocycles. The Kier molecular flexibility index (Phi) is 2.77. The minimum Gasteiger partial charge on any atom is -0.466 e. The Morgan fingerprint density at radius 1 is 1.46 bits per heavy atom. The number of sulfonamides is 1. The number of furan rings is 1. The second-order valence-corrected chi connectivity index (χ2v) is 4.86. The number of hydrogen-bond donors (Lipinski definition) is 1. The van der Waals surface area contributed by atoms with Crippen molar-refractivity contribution in [3.8, 4) is 0 Å². The summed E-state index contributed by atoms with van der Waals surface area (Å²) in [4.78, 5) is 0. The molecule has 0 aliphatic heterocycles. The van der Waals surface area contributed by atoms with Gasteiger partial charge in [0.2, 0.25) is 10.0 Å². The van der Waals surface area contributed by atoms with Gasteiger partial charge in [-0.3, -0.25) is 0 Å². The lowest BCUT2D eigenvalue weighted by atomic mass is 10.2. The Bertz CT molecular complexity index is 392. The van der Waals surface area contributed by atoms with E-state index < -0.39 is 10.0 Å². The third kappa shape index (κ3) is 3.20. The van der Waals surface area contributed by atoms with Crippen LogP contribution in [0, 0.1) is 13.8 Å². The molecule has 1 N–H and O–H groups in total. The van der Waals surface area contributed by atoms with Crippen LogP contribution in [0.15, 0.2) is 10.5 Å². The van der Waals surface area contributed by atoms with Gasteiger partial charge in [-0.05, 0) is 19.9 Å². The summed E-state index contributed by atoms with van der Waals surface area (Å²) in [5, 5.41) is 0. The summed E-state index contributed by atoms with van der Waals surface area (Å²) in [6, 6.07) is 1.83. The van der Waals surface area contributed by atoms with Gasteiger partial charge < -0.3 is 4.42 Å². The molecule has 0 saturated carbocycles. The van der Waals surface area contributed by atoms with Gasteiger partial charge in [-0.2, -0.15) is 0 Å². The van der Waals surface area contributed by atoms with Crippen molar-refractivity contribution in [1.82, 2.24) is 4.72 Å². The minimum atomic E-state index is -3.12. The molecule has 0 aliphatic carbocycles. The third-order valence-electron chi connectivity index (χ3n) is 1.67. The SMILES string of the molecule is Cc1cc(CNS(C)(=O)=O)c(C)o1. The fourth-order valence-electron chi connectivity index (χ4n) is 1.07. The molecule has 0 unspecified atom stereocenters. The first-order valence-electron chi connectivity index (χ1n) is 3.89. The highest BCUT2D eigenvalue weighted by Gasteiger charge is 2.06. The predicted octanol–water partition coefficient (Wildman–Crippen LogP) is 0.946. The normalized spacial score (nSPS) is 11.9. The van der Waals surface area contributed by atoms with E-state index in [0.29, 0.717) is 6.54 Å². The van der Waals surface area contributed by atoms with Crippen molar-refractivity contribution in [3.05, 3.63) is 23.2 Å². The van der Waals surface area contributed by atoms with E-state index in [0.717, 1.165) is 23.3 Å². The van der Waals surface area contributed by atoms with Gasteiger partial charge in [-0.25, -0.2) is 13.1 Å². The molecular formula is C8H13NO3S. The zero-order chi connectivity index (χ0) is 10.1. The van der Waals surface area contributed by atoms with Crippen LogP contribution >= 0.6 is 0 Å². The molecule has 74 valence electrons. The molecule has 0 spiro atoms. The fourth-order valence-corrected chi connectivity index (χ4v) is 1.49. The van der Waals surface area contributed by atoms with E-state index in [1.165, 1.54) is 0 Å². The Morgan fingerprint density at radius 2 is 2.08 bits per heavy atom. The molecule has 0 atom stereocenters. The molecular weight excluding hydrogens is 190 g/mol. The van der Waals surface area contributed by atoms with E-state index in [1.54, 1.807) is 0 Å². The highest BCUT2D eigenvalue weighted by atomic mass is 32.2. The zero-order valence-electron chi connectivity index (χ0n) is 7.92. The molecule has 0 bridgehead atoms. The van der Waals surface area contributed by atoms with Gasteiger partial charge in [0.15, 0.2) is 0 Å². The van der Waals surface area contributed by atoms with Gasteiger partial charge in [-0.1, -0.05) is 0 Å². The van der Waals surface area contributed by atoms with Crippen LogP contribution in [0.1, 0.15) is 17.1 Å². The van der Waals surface area contributed by atoms with Gasteiger partial charge in [0.1, 0.15) is 11.5 Å². The average molecular weight is 203 g/mol. The van der Waals surface area contributed by atoms with Crippen LogP contribution in [-0.2, 0) is 16.6 Å². The lowest BCUT2D eigenvalue weighted by molar-refractivity contribution is 0.500. The summed E-state index contributed by atoms with van der Waals surface area (Å²) in [6.07, 6.45) is 1.13. The van der Waals surface area contributed by atoms with Crippen molar-refractivity contribution in [2.45, 2.75) is 20.4 Å². The maximum atomic E-state index is 10.8. The molecule has 5 heteroatoms. The van der Waals surface area contributed by atoms with Crippen LogP contribution in [0.25, 0.3) is 0 Å². The largest absolute Gasteiger partial charge is 0.466 e. The van der Waals surface area contributed by atoms with Crippen LogP contribution in [0.4, 0.5) is 0 Å². The number of aryl methyl sites for hydroxylation is 2. The molecule has 1 aromatic rings. The van der Waals surface area contributed by atoms with Crippen LogP contribution in [0.3, 0.4) is 0 Å². The van der Waals surface area contributed by atoms with Crippen LogP contribution in [0.2, 0.25) is 0 Å². The molecule has 1 aromatic heterocycles. The zero-order valence-corrected chi connectivity index (χ0v) is 8.73. The van der Waals surface area contributed by atoms with Crippen molar-refractivity contribution in [2.24, 2.45) is 0 Å². The van der Waals surface area contributed by atoms with E-state index >= 15 is 0 Å². The molecule has 0 aliphatic rings. The Labute approximate surface area is 78.0 Å². The Balaban J connectivity index is 2.70. The number of hydrogen-bond acceptors (Lipinski definition) is 3. The van der Waals surface area contributed by atoms with Gasteiger partial charge in [0.25, 0.3) is 0 Å². The van der Waals surface area contributed by atoms with E-state index in [2.05, 4.69) is 4.72 Å². The minimum absolute atomic E-state index is 0.294. The lowest BCUT2D eigenvalue weighted by Crippen LogP contribution is -2.21. The first-order chi connectivity index (χ1) is 5.88. The second-order valence-electron chi connectivity index (χ2n) is 3.03. The summed E-state index contributed by atoms with van der Waals surface area (Å²) in [5.41, 5.74) is 0.878. The van der Waals surface area contributed by atoms with Crippen molar-refractivity contribution in [1.29, 1.82) is 0 Å². The summed E-state index contributed by atoms with van der Waals surface area (Å²) >= 11 is 0. The molecule has 0 radical (unpaired) electrons. The van der Waals surface area contributed by atoms with Crippen molar-refractivity contribution < 1.29 is 12.8 Å². The number of nitrogens with one attached hydrogen (secondary N) is 1. The molecule has 0 amide bonds. The monoisotopic (exact) mass is 203 g/mol. The highest BCUT2D eigenvalue weighted by molar-refractivity contribution is 7.88. The lowest BCUT2D eigenvalue weighted by Gasteiger charge is -1.99. The summed E-state index contributed by atoms with van der Waals surface area (Å²) < 4.78 is 29.2. The highest BCUT2D eigenvalue weighted by Crippen LogP contribution is 2.13. The number of rotatable bonds is 3. The maximum Gasteiger partial charge on any atom is 0.209 e. The third-order valence-corrected chi connectivity index (χ3v) is 2.34. The van der Waals surface area contributed by atoms with Gasteiger partial charge in [0, 0.05) is 12.1 Å². The summed E-state index contributed by atoms with van der Waals surface area (Å²) in [7, 11) is -3.12.